The van der Waals surface area contributed by atoms with Crippen LogP contribution in [0.15, 0.2) is 73.2 Å². The van der Waals surface area contributed by atoms with E-state index < -0.39 is 23.9 Å². The van der Waals surface area contributed by atoms with Crippen molar-refractivity contribution in [2.24, 2.45) is 5.92 Å². The van der Waals surface area contributed by atoms with Crippen molar-refractivity contribution in [2.75, 3.05) is 29.0 Å². The van der Waals surface area contributed by atoms with Crippen molar-refractivity contribution in [1.82, 2.24) is 19.9 Å². The van der Waals surface area contributed by atoms with Crippen LogP contribution in [0, 0.1) is 5.92 Å². The summed E-state index contributed by atoms with van der Waals surface area (Å²) in [7, 11) is 0. The largest absolute Gasteiger partial charge is 0.458 e. The number of ketones is 2. The van der Waals surface area contributed by atoms with Gasteiger partial charge in [-0.15, -0.1) is 0 Å². The number of benzene rings is 2. The number of pyridine rings is 1. The Kier molecular flexibility index (Phi) is 12.0. The fourth-order valence-electron chi connectivity index (χ4n) is 5.60. The summed E-state index contributed by atoms with van der Waals surface area (Å²) in [6.45, 7) is 1.27. The van der Waals surface area contributed by atoms with Gasteiger partial charge in [0.15, 0.2) is 5.82 Å². The number of alkyl halides is 6. The zero-order valence-corrected chi connectivity index (χ0v) is 28.3. The maximum Gasteiger partial charge on any atom is 0.458 e. The fraction of sp³-hybridized carbons (Fsp3) is 0.286. The maximum atomic E-state index is 13.2. The van der Waals surface area contributed by atoms with Gasteiger partial charge in [0.05, 0.1) is 11.8 Å². The van der Waals surface area contributed by atoms with E-state index in [4.69, 9.17) is 11.6 Å². The molecule has 0 atom stereocenters. The van der Waals surface area contributed by atoms with Crippen molar-refractivity contribution in [3.63, 3.8) is 0 Å². The van der Waals surface area contributed by atoms with E-state index in [1.54, 1.807) is 30.7 Å². The molecule has 4 aromatic rings. The average molecular weight is 762 g/mol. The molecule has 6 rings (SSSR count). The van der Waals surface area contributed by atoms with E-state index in [1.807, 2.05) is 35.2 Å². The number of nitrogens with zero attached hydrogens (tertiary/aromatic N) is 4. The van der Waals surface area contributed by atoms with Gasteiger partial charge in [-0.05, 0) is 85.2 Å². The van der Waals surface area contributed by atoms with E-state index in [9.17, 15) is 45.5 Å². The SMILES string of the molecule is O=C(C(=O)C(F)(F)F)C(F)(F)F.O=C(CC1CCN(C(=O)c2cccnc2)CC1)Nc1ccc2cc1CCc1cccc(c1)Nc1ncc(Cl)c(n1)N2. The van der Waals surface area contributed by atoms with Crippen LogP contribution in [0.4, 0.5) is 55.2 Å². The number of Topliss-reactive ketones (excluding diaryl/α,β-unsaturated/α-hetero) is 2. The number of aryl methyl sites for hydroxylation is 2. The number of aromatic nitrogens is 3. The van der Waals surface area contributed by atoms with Crippen LogP contribution in [0.3, 0.4) is 0 Å². The van der Waals surface area contributed by atoms with Gasteiger partial charge >= 0.3 is 23.9 Å². The predicted molar refractivity (Wildman–Crippen MR) is 182 cm³/mol. The van der Waals surface area contributed by atoms with Crippen LogP contribution in [0.5, 0.6) is 0 Å². The van der Waals surface area contributed by atoms with Gasteiger partial charge in [0, 0.05) is 49.0 Å². The Labute approximate surface area is 303 Å². The number of piperidine rings is 1. The van der Waals surface area contributed by atoms with Gasteiger partial charge in [0.2, 0.25) is 11.9 Å². The summed E-state index contributed by atoms with van der Waals surface area (Å²) >= 11 is 6.39. The molecule has 0 aliphatic carbocycles. The molecule has 2 aromatic carbocycles. The Hall–Kier alpha value is -5.58. The number of amides is 2. The third-order valence-corrected chi connectivity index (χ3v) is 8.53. The molecule has 1 saturated heterocycles. The Morgan fingerprint density at radius 3 is 2.21 bits per heavy atom. The smallest absolute Gasteiger partial charge is 0.339 e. The molecule has 278 valence electrons. The monoisotopic (exact) mass is 761 g/mol. The van der Waals surface area contributed by atoms with E-state index in [2.05, 4.69) is 43.0 Å². The molecule has 2 aliphatic rings. The summed E-state index contributed by atoms with van der Waals surface area (Å²) in [6, 6.07) is 17.6. The molecule has 2 amide bonds. The first kappa shape index (κ1) is 38.6. The second kappa shape index (κ2) is 16.4. The first-order chi connectivity index (χ1) is 25.1. The number of fused-ring (bicyclic) bond motifs is 6. The molecule has 0 spiro atoms. The highest BCUT2D eigenvalue weighted by atomic mass is 35.5. The minimum Gasteiger partial charge on any atom is -0.339 e. The number of hydrogen-bond acceptors (Lipinski definition) is 9. The molecule has 0 radical (unpaired) electrons. The lowest BCUT2D eigenvalue weighted by atomic mass is 9.92. The van der Waals surface area contributed by atoms with Crippen LogP contribution >= 0.6 is 11.6 Å². The molecule has 4 heterocycles. The first-order valence-corrected chi connectivity index (χ1v) is 16.4. The maximum absolute atomic E-state index is 13.2. The lowest BCUT2D eigenvalue weighted by Gasteiger charge is -2.31. The number of carbonyl (C=O) groups is 4. The van der Waals surface area contributed by atoms with Crippen LogP contribution in [0.2, 0.25) is 5.02 Å². The van der Waals surface area contributed by atoms with Crippen molar-refractivity contribution < 1.29 is 45.5 Å². The summed E-state index contributed by atoms with van der Waals surface area (Å²) < 4.78 is 67.0. The molecule has 1 fully saturated rings. The van der Waals surface area contributed by atoms with Crippen LogP contribution in [0.25, 0.3) is 0 Å². The summed E-state index contributed by atoms with van der Waals surface area (Å²) in [4.78, 5) is 59.9. The molecular formula is C35H30ClF6N7O4. The number of hydrogen-bond donors (Lipinski definition) is 3. The average Bonchev–Trinajstić information content (AvgIpc) is 3.12. The second-order valence-electron chi connectivity index (χ2n) is 12.1. The topological polar surface area (TPSA) is 146 Å². The minimum atomic E-state index is -5.77. The van der Waals surface area contributed by atoms with E-state index in [1.165, 1.54) is 0 Å². The predicted octanol–water partition coefficient (Wildman–Crippen LogP) is 7.24. The lowest BCUT2D eigenvalue weighted by Crippen LogP contribution is -2.39. The summed E-state index contributed by atoms with van der Waals surface area (Å²) in [6.07, 6.45) is -3.18. The van der Waals surface area contributed by atoms with Gasteiger partial charge in [-0.3, -0.25) is 24.2 Å². The highest BCUT2D eigenvalue weighted by molar-refractivity contribution is 6.41. The normalized spacial score (nSPS) is 14.4. The van der Waals surface area contributed by atoms with Crippen LogP contribution in [-0.2, 0) is 27.2 Å². The van der Waals surface area contributed by atoms with Crippen molar-refractivity contribution in [3.05, 3.63) is 94.9 Å². The van der Waals surface area contributed by atoms with Crippen LogP contribution < -0.4 is 16.0 Å². The minimum absolute atomic E-state index is 0.00416. The van der Waals surface area contributed by atoms with Gasteiger partial charge in [-0.1, -0.05) is 23.7 Å². The van der Waals surface area contributed by atoms with E-state index in [0.29, 0.717) is 41.9 Å². The highest BCUT2D eigenvalue weighted by Gasteiger charge is 2.54. The molecule has 0 unspecified atom stereocenters. The van der Waals surface area contributed by atoms with Gasteiger partial charge in [0.25, 0.3) is 5.91 Å². The second-order valence-corrected chi connectivity index (χ2v) is 12.5. The van der Waals surface area contributed by atoms with Crippen molar-refractivity contribution in [3.8, 4) is 0 Å². The van der Waals surface area contributed by atoms with Crippen molar-refractivity contribution in [1.29, 1.82) is 0 Å². The van der Waals surface area contributed by atoms with E-state index >= 15 is 0 Å². The first-order valence-electron chi connectivity index (χ1n) is 16.1. The van der Waals surface area contributed by atoms with Gasteiger partial charge in [0.1, 0.15) is 5.02 Å². The van der Waals surface area contributed by atoms with Gasteiger partial charge in [-0.25, -0.2) is 4.98 Å². The Balaban J connectivity index is 0.000000390. The van der Waals surface area contributed by atoms with E-state index in [0.717, 1.165) is 53.9 Å². The number of likely N-dealkylation sites (tertiary alicyclic amines) is 1. The number of rotatable bonds is 5. The van der Waals surface area contributed by atoms with Crippen LogP contribution in [-0.4, -0.2) is 68.7 Å². The van der Waals surface area contributed by atoms with E-state index in [-0.39, 0.29) is 17.7 Å². The van der Waals surface area contributed by atoms with Gasteiger partial charge < -0.3 is 20.9 Å². The molecule has 18 heteroatoms. The highest BCUT2D eigenvalue weighted by Crippen LogP contribution is 2.30. The Morgan fingerprint density at radius 1 is 0.849 bits per heavy atom. The summed E-state index contributed by atoms with van der Waals surface area (Å²) in [5.74, 6) is -5.67. The summed E-state index contributed by atoms with van der Waals surface area (Å²) in [5.41, 5.74) is 5.28. The number of carbonyl (C=O) groups excluding carboxylic acids is 4. The van der Waals surface area contributed by atoms with Gasteiger partial charge in [-0.2, -0.15) is 31.3 Å². The standard InChI is InChI=1S/C31H30ClN7O2.C4F6O2/c32-26-19-34-31-36-24-5-1-3-20(15-24)6-7-22-17-25(35-29(26)38-31)8-9-27(22)37-28(40)16-21-10-13-39(14-11-21)30(41)23-4-2-12-33-18-23;5-3(6,7)1(11)2(12)4(8,9)10/h1-5,8-9,12,15,17-19,21H,6-7,10-11,13-14,16H2,(H,37,40)(H2,34,35,36,38);. The Bertz CT molecular complexity index is 1960. The van der Waals surface area contributed by atoms with Crippen molar-refractivity contribution >= 4 is 63.8 Å². The zero-order valence-electron chi connectivity index (χ0n) is 27.5. The van der Waals surface area contributed by atoms with Crippen molar-refractivity contribution in [2.45, 2.75) is 44.5 Å². The number of anilines is 5. The summed E-state index contributed by atoms with van der Waals surface area (Å²) in [5, 5.41) is 10.1. The molecular weight excluding hydrogens is 732 g/mol. The third kappa shape index (κ3) is 10.5. The fourth-order valence-corrected chi connectivity index (χ4v) is 5.74. The molecule has 0 saturated carbocycles. The zero-order chi connectivity index (χ0) is 38.3. The van der Waals surface area contributed by atoms with Crippen LogP contribution in [0.1, 0.15) is 40.7 Å². The molecule has 3 N–H and O–H groups in total. The molecule has 11 nitrogen and oxygen atoms in total. The quantitative estimate of drug-likeness (QED) is 0.142. The third-order valence-electron chi connectivity index (χ3n) is 8.26. The molecule has 2 aromatic heterocycles. The lowest BCUT2D eigenvalue weighted by molar-refractivity contribution is -0.193. The Morgan fingerprint density at radius 2 is 1.55 bits per heavy atom. The molecule has 2 aliphatic heterocycles. The number of nitrogens with one attached hydrogen (secondary N) is 3. The molecule has 53 heavy (non-hydrogen) atoms. The molecule has 6 bridgehead atoms. The number of halogens is 7.